The van der Waals surface area contributed by atoms with Crippen molar-refractivity contribution in [2.24, 2.45) is 0 Å². The fourth-order valence-electron chi connectivity index (χ4n) is 2.66. The summed E-state index contributed by atoms with van der Waals surface area (Å²) in [6, 6.07) is 12.6. The van der Waals surface area contributed by atoms with Gasteiger partial charge in [0.25, 0.3) is 0 Å². The van der Waals surface area contributed by atoms with Crippen molar-refractivity contribution in [3.05, 3.63) is 64.2 Å². The fraction of sp³-hybridized carbons (Fsp3) is 0.263. The van der Waals surface area contributed by atoms with Crippen molar-refractivity contribution in [3.63, 3.8) is 0 Å². The maximum Gasteiger partial charge on any atom is 0.340 e. The Balaban J connectivity index is 1.76. The molecule has 3 rings (SSSR count). The quantitative estimate of drug-likeness (QED) is 0.690. The van der Waals surface area contributed by atoms with Crippen LogP contribution < -0.4 is 0 Å². The molecule has 9 heteroatoms. The minimum Gasteiger partial charge on any atom is -0.457 e. The van der Waals surface area contributed by atoms with Crippen molar-refractivity contribution >= 4 is 27.6 Å². The summed E-state index contributed by atoms with van der Waals surface area (Å²) >= 11 is 6.08. The van der Waals surface area contributed by atoms with Crippen LogP contribution in [0.4, 0.5) is 0 Å². The zero-order chi connectivity index (χ0) is 20.1. The smallest absolute Gasteiger partial charge is 0.340 e. The molecule has 146 valence electrons. The van der Waals surface area contributed by atoms with Crippen molar-refractivity contribution in [1.29, 1.82) is 5.26 Å². The molecule has 1 fully saturated rings. The summed E-state index contributed by atoms with van der Waals surface area (Å²) in [6.07, 6.45) is 0. The summed E-state index contributed by atoms with van der Waals surface area (Å²) in [5.41, 5.74) is 1.17. The molecular weight excluding hydrogens is 404 g/mol. The molecule has 0 radical (unpaired) electrons. The lowest BCUT2D eigenvalue weighted by atomic mass is 10.1. The van der Waals surface area contributed by atoms with Gasteiger partial charge in [-0.15, -0.1) is 0 Å². The fourth-order valence-corrected chi connectivity index (χ4v) is 4.29. The minimum absolute atomic E-state index is 0.0235. The Morgan fingerprint density at radius 1 is 1.18 bits per heavy atom. The van der Waals surface area contributed by atoms with Crippen LogP contribution in [0.3, 0.4) is 0 Å². The predicted octanol–water partition coefficient (Wildman–Crippen LogP) is 2.59. The van der Waals surface area contributed by atoms with Gasteiger partial charge in [0.15, 0.2) is 0 Å². The van der Waals surface area contributed by atoms with E-state index in [0.717, 1.165) is 0 Å². The van der Waals surface area contributed by atoms with Gasteiger partial charge in [-0.1, -0.05) is 23.7 Å². The van der Waals surface area contributed by atoms with E-state index in [1.165, 1.54) is 22.5 Å². The van der Waals surface area contributed by atoms with Crippen LogP contribution in [0.15, 0.2) is 47.4 Å². The maximum atomic E-state index is 12.8. The van der Waals surface area contributed by atoms with Crippen LogP contribution in [0.25, 0.3) is 0 Å². The Kier molecular flexibility index (Phi) is 6.31. The van der Waals surface area contributed by atoms with E-state index in [9.17, 15) is 13.2 Å². The van der Waals surface area contributed by atoms with E-state index >= 15 is 0 Å². The molecule has 28 heavy (non-hydrogen) atoms. The molecule has 0 saturated carbocycles. The van der Waals surface area contributed by atoms with Gasteiger partial charge in [-0.3, -0.25) is 0 Å². The number of esters is 1. The van der Waals surface area contributed by atoms with Gasteiger partial charge in [0.05, 0.1) is 40.3 Å². The molecule has 0 N–H and O–H groups in total. The summed E-state index contributed by atoms with van der Waals surface area (Å²) in [6.45, 7) is 1.13. The first kappa shape index (κ1) is 20.3. The molecule has 0 unspecified atom stereocenters. The van der Waals surface area contributed by atoms with Crippen molar-refractivity contribution in [2.75, 3.05) is 26.3 Å². The first-order valence-corrected chi connectivity index (χ1v) is 10.3. The Morgan fingerprint density at radius 2 is 1.86 bits per heavy atom. The van der Waals surface area contributed by atoms with Crippen LogP contribution in [0, 0.1) is 11.3 Å². The third kappa shape index (κ3) is 4.51. The Morgan fingerprint density at radius 3 is 2.50 bits per heavy atom. The molecule has 7 nitrogen and oxygen atoms in total. The lowest BCUT2D eigenvalue weighted by Crippen LogP contribution is -2.40. The number of halogens is 1. The highest BCUT2D eigenvalue weighted by molar-refractivity contribution is 7.89. The lowest BCUT2D eigenvalue weighted by Gasteiger charge is -2.26. The number of benzene rings is 2. The normalized spacial score (nSPS) is 15.0. The van der Waals surface area contributed by atoms with Crippen LogP contribution >= 0.6 is 11.6 Å². The summed E-state index contributed by atoms with van der Waals surface area (Å²) in [7, 11) is -3.75. The second-order valence-electron chi connectivity index (χ2n) is 6.04. The van der Waals surface area contributed by atoms with Crippen LogP contribution in [-0.4, -0.2) is 45.0 Å². The van der Waals surface area contributed by atoms with Crippen molar-refractivity contribution in [2.45, 2.75) is 11.5 Å². The van der Waals surface area contributed by atoms with Gasteiger partial charge in [-0.05, 0) is 35.9 Å². The summed E-state index contributed by atoms with van der Waals surface area (Å²) < 4.78 is 37.3. The van der Waals surface area contributed by atoms with E-state index in [2.05, 4.69) is 0 Å². The molecule has 0 spiro atoms. The van der Waals surface area contributed by atoms with E-state index in [1.54, 1.807) is 24.3 Å². The molecule has 1 heterocycles. The number of carbonyl (C=O) groups excluding carboxylic acids is 1. The first-order valence-electron chi connectivity index (χ1n) is 8.45. The summed E-state index contributed by atoms with van der Waals surface area (Å²) in [4.78, 5) is 12.4. The highest BCUT2D eigenvalue weighted by atomic mass is 35.5. The van der Waals surface area contributed by atoms with E-state index in [-0.39, 0.29) is 35.2 Å². The first-order chi connectivity index (χ1) is 13.4. The lowest BCUT2D eigenvalue weighted by molar-refractivity contribution is 0.0472. The second kappa shape index (κ2) is 8.71. The molecular formula is C19H17ClN2O5S. The van der Waals surface area contributed by atoms with Crippen molar-refractivity contribution in [1.82, 2.24) is 4.31 Å². The van der Waals surface area contributed by atoms with Gasteiger partial charge < -0.3 is 9.47 Å². The van der Waals surface area contributed by atoms with Gasteiger partial charge in [-0.25, -0.2) is 13.2 Å². The molecule has 0 amide bonds. The third-order valence-electron chi connectivity index (χ3n) is 4.22. The second-order valence-corrected chi connectivity index (χ2v) is 8.39. The summed E-state index contributed by atoms with van der Waals surface area (Å²) in [5, 5.41) is 8.90. The number of morpholine rings is 1. The Labute approximate surface area is 168 Å². The summed E-state index contributed by atoms with van der Waals surface area (Å²) in [5.74, 6) is -0.728. The molecule has 1 saturated heterocycles. The monoisotopic (exact) mass is 420 g/mol. The van der Waals surface area contributed by atoms with Crippen LogP contribution in [0.1, 0.15) is 21.5 Å². The minimum atomic E-state index is -3.75. The van der Waals surface area contributed by atoms with Gasteiger partial charge in [0.1, 0.15) is 6.61 Å². The number of hydrogen-bond acceptors (Lipinski definition) is 6. The molecule has 0 aliphatic carbocycles. The molecule has 0 aromatic heterocycles. The molecule has 2 aromatic rings. The Bertz CT molecular complexity index is 1010. The van der Waals surface area contributed by atoms with Crippen LogP contribution in [0.5, 0.6) is 0 Å². The van der Waals surface area contributed by atoms with Crippen LogP contribution in [0.2, 0.25) is 5.02 Å². The largest absolute Gasteiger partial charge is 0.457 e. The number of sulfonamides is 1. The highest BCUT2D eigenvalue weighted by Crippen LogP contribution is 2.24. The van der Waals surface area contributed by atoms with Gasteiger partial charge in [-0.2, -0.15) is 9.57 Å². The van der Waals surface area contributed by atoms with Gasteiger partial charge in [0.2, 0.25) is 10.0 Å². The maximum absolute atomic E-state index is 12.8. The Hall–Kier alpha value is -2.44. The van der Waals surface area contributed by atoms with Crippen LogP contribution in [-0.2, 0) is 26.1 Å². The number of ether oxygens (including phenoxy) is 2. The third-order valence-corrected chi connectivity index (χ3v) is 6.44. The van der Waals surface area contributed by atoms with E-state index in [0.29, 0.717) is 24.3 Å². The number of carbonyl (C=O) groups is 1. The average Bonchev–Trinajstić information content (AvgIpc) is 2.73. The average molecular weight is 421 g/mol. The van der Waals surface area contributed by atoms with E-state index < -0.39 is 16.0 Å². The van der Waals surface area contributed by atoms with Crippen molar-refractivity contribution in [3.8, 4) is 6.07 Å². The SMILES string of the molecule is N#Cc1ccc(COC(=O)c2cc(S(=O)(=O)N3CCOCC3)ccc2Cl)cc1. The predicted molar refractivity (Wildman–Crippen MR) is 101 cm³/mol. The van der Waals surface area contributed by atoms with Gasteiger partial charge in [0, 0.05) is 13.1 Å². The van der Waals surface area contributed by atoms with Crippen molar-refractivity contribution < 1.29 is 22.7 Å². The molecule has 0 atom stereocenters. The highest BCUT2D eigenvalue weighted by Gasteiger charge is 2.27. The molecule has 1 aliphatic heterocycles. The van der Waals surface area contributed by atoms with Gasteiger partial charge >= 0.3 is 5.97 Å². The number of hydrogen-bond donors (Lipinski definition) is 0. The molecule has 2 aromatic carbocycles. The van der Waals surface area contributed by atoms with E-state index in [1.807, 2.05) is 6.07 Å². The number of rotatable bonds is 5. The topological polar surface area (TPSA) is 96.7 Å². The molecule has 0 bridgehead atoms. The zero-order valence-corrected chi connectivity index (χ0v) is 16.4. The number of nitrogens with zero attached hydrogens (tertiary/aromatic N) is 2. The zero-order valence-electron chi connectivity index (χ0n) is 14.8. The van der Waals surface area contributed by atoms with E-state index in [4.69, 9.17) is 26.3 Å². The number of nitriles is 1. The standard InChI is InChI=1S/C19H17ClN2O5S/c20-18-6-5-16(28(24,25)22-7-9-26-10-8-22)11-17(18)19(23)27-13-15-3-1-14(12-21)2-4-15/h1-6,11H,7-10,13H2. The molecule has 1 aliphatic rings.